The van der Waals surface area contributed by atoms with E-state index in [4.69, 9.17) is 4.74 Å². The maximum atomic E-state index is 6.05. The average Bonchev–Trinajstić information content (AvgIpc) is 2.73. The Morgan fingerprint density at radius 1 is 0.815 bits per heavy atom. The van der Waals surface area contributed by atoms with E-state index in [0.717, 1.165) is 26.1 Å². The molecule has 0 radical (unpaired) electrons. The summed E-state index contributed by atoms with van der Waals surface area (Å²) in [6.45, 7) is 3.29. The van der Waals surface area contributed by atoms with Gasteiger partial charge in [0, 0.05) is 12.0 Å². The first-order chi connectivity index (χ1) is 12.9. The van der Waals surface area contributed by atoms with E-state index in [-0.39, 0.29) is 17.8 Å². The number of ether oxygens (including phenoxy) is 1. The highest BCUT2D eigenvalue weighted by molar-refractivity contribution is 5.85. The zero-order valence-corrected chi connectivity index (χ0v) is 16.3. The van der Waals surface area contributed by atoms with Crippen LogP contribution in [0.25, 0.3) is 0 Å². The van der Waals surface area contributed by atoms with E-state index in [1.54, 1.807) is 0 Å². The molecule has 3 aromatic carbocycles. The monoisotopic (exact) mass is 379 g/mol. The van der Waals surface area contributed by atoms with Crippen molar-refractivity contribution in [3.8, 4) is 0 Å². The quantitative estimate of drug-likeness (QED) is 0.601. The van der Waals surface area contributed by atoms with E-state index < -0.39 is 0 Å². The summed E-state index contributed by atoms with van der Waals surface area (Å²) in [5.74, 6) is 0. The molecule has 0 fully saturated rings. The molecular weight excluding hydrogens is 354 g/mol. The molecule has 1 atom stereocenters. The van der Waals surface area contributed by atoms with Gasteiger partial charge < -0.3 is 10.1 Å². The summed E-state index contributed by atoms with van der Waals surface area (Å²) in [4.78, 5) is 0. The van der Waals surface area contributed by atoms with Crippen LogP contribution in [0.3, 0.4) is 0 Å². The fourth-order valence-electron chi connectivity index (χ4n) is 4.00. The van der Waals surface area contributed by atoms with Crippen molar-refractivity contribution in [1.29, 1.82) is 0 Å². The highest BCUT2D eigenvalue weighted by Gasteiger charge is 2.38. The van der Waals surface area contributed by atoms with Crippen LogP contribution in [0.2, 0.25) is 0 Å². The summed E-state index contributed by atoms with van der Waals surface area (Å²) >= 11 is 0. The van der Waals surface area contributed by atoms with Crippen molar-refractivity contribution in [3.63, 3.8) is 0 Å². The van der Waals surface area contributed by atoms with E-state index in [0.29, 0.717) is 6.61 Å². The van der Waals surface area contributed by atoms with Gasteiger partial charge in [-0.3, -0.25) is 0 Å². The average molecular weight is 380 g/mol. The predicted octanol–water partition coefficient (Wildman–Crippen LogP) is 5.10. The van der Waals surface area contributed by atoms with Gasteiger partial charge >= 0.3 is 0 Å². The Hall–Kier alpha value is -2.13. The lowest BCUT2D eigenvalue weighted by Crippen LogP contribution is -2.40. The van der Waals surface area contributed by atoms with Crippen LogP contribution in [0.1, 0.15) is 28.7 Å². The molecule has 140 valence electrons. The van der Waals surface area contributed by atoms with Crippen molar-refractivity contribution in [2.75, 3.05) is 13.2 Å². The van der Waals surface area contributed by atoms with Gasteiger partial charge in [0.15, 0.2) is 0 Å². The fourth-order valence-corrected chi connectivity index (χ4v) is 4.00. The first-order valence-electron chi connectivity index (χ1n) is 9.35. The van der Waals surface area contributed by atoms with E-state index in [1.165, 1.54) is 22.3 Å². The third-order valence-electron chi connectivity index (χ3n) is 5.37. The van der Waals surface area contributed by atoms with Crippen LogP contribution >= 0.6 is 12.4 Å². The van der Waals surface area contributed by atoms with Gasteiger partial charge in [-0.2, -0.15) is 0 Å². The van der Waals surface area contributed by atoms with Crippen molar-refractivity contribution < 1.29 is 4.74 Å². The number of benzene rings is 3. The SMILES string of the molecule is Cl.c1ccc(CNCCC2(c3ccccc3)COCc3ccccc32)cc1. The minimum atomic E-state index is -0.0835. The van der Waals surface area contributed by atoms with Gasteiger partial charge in [-0.25, -0.2) is 0 Å². The second-order valence-corrected chi connectivity index (χ2v) is 7.01. The molecule has 0 bridgehead atoms. The first-order valence-corrected chi connectivity index (χ1v) is 9.35. The molecule has 0 spiro atoms. The van der Waals surface area contributed by atoms with E-state index >= 15 is 0 Å². The largest absolute Gasteiger partial charge is 0.375 e. The Bertz CT molecular complexity index is 837. The molecule has 0 saturated heterocycles. The molecule has 0 amide bonds. The standard InChI is InChI=1S/C24H25NO.ClH/c1-3-9-20(10-4-1)17-25-16-15-24(22-12-5-2-6-13-22)19-26-18-21-11-7-8-14-23(21)24;/h1-14,25H,15-19H2;1H. The Balaban J connectivity index is 0.00000210. The highest BCUT2D eigenvalue weighted by Crippen LogP contribution is 2.40. The number of fused-ring (bicyclic) bond motifs is 1. The molecule has 4 rings (SSSR count). The molecule has 1 heterocycles. The number of hydrogen-bond acceptors (Lipinski definition) is 2. The Labute approximate surface area is 168 Å². The van der Waals surface area contributed by atoms with E-state index in [9.17, 15) is 0 Å². The van der Waals surface area contributed by atoms with Gasteiger partial charge in [0.1, 0.15) is 0 Å². The smallest absolute Gasteiger partial charge is 0.0720 e. The number of hydrogen-bond donors (Lipinski definition) is 1. The molecule has 1 unspecified atom stereocenters. The second kappa shape index (κ2) is 9.18. The third-order valence-corrected chi connectivity index (χ3v) is 5.37. The first kappa shape index (κ1) is 19.6. The van der Waals surface area contributed by atoms with Crippen molar-refractivity contribution in [3.05, 3.63) is 107 Å². The van der Waals surface area contributed by atoms with Gasteiger partial charge in [0.2, 0.25) is 0 Å². The van der Waals surface area contributed by atoms with Gasteiger partial charge in [-0.05, 0) is 35.2 Å². The molecule has 27 heavy (non-hydrogen) atoms. The fraction of sp³-hybridized carbons (Fsp3) is 0.250. The molecular formula is C24H26ClNO. The topological polar surface area (TPSA) is 21.3 Å². The Morgan fingerprint density at radius 3 is 2.26 bits per heavy atom. The number of halogens is 1. The molecule has 3 aromatic rings. The van der Waals surface area contributed by atoms with Gasteiger partial charge in [0.25, 0.3) is 0 Å². The van der Waals surface area contributed by atoms with Crippen LogP contribution in [0.4, 0.5) is 0 Å². The van der Waals surface area contributed by atoms with Crippen LogP contribution in [-0.2, 0) is 23.3 Å². The van der Waals surface area contributed by atoms with Crippen molar-refractivity contribution >= 4 is 12.4 Å². The molecule has 1 aliphatic rings. The van der Waals surface area contributed by atoms with Gasteiger partial charge in [-0.1, -0.05) is 84.9 Å². The van der Waals surface area contributed by atoms with Gasteiger partial charge in [-0.15, -0.1) is 12.4 Å². The maximum Gasteiger partial charge on any atom is 0.0720 e. The summed E-state index contributed by atoms with van der Waals surface area (Å²) in [5, 5.41) is 3.62. The van der Waals surface area contributed by atoms with Crippen LogP contribution in [-0.4, -0.2) is 13.2 Å². The molecule has 0 aliphatic carbocycles. The van der Waals surface area contributed by atoms with Crippen molar-refractivity contribution in [2.45, 2.75) is 25.0 Å². The Morgan fingerprint density at radius 2 is 1.48 bits per heavy atom. The molecule has 0 aromatic heterocycles. The van der Waals surface area contributed by atoms with Gasteiger partial charge in [0.05, 0.1) is 13.2 Å². The zero-order chi connectivity index (χ0) is 17.7. The third kappa shape index (κ3) is 4.24. The van der Waals surface area contributed by atoms with Crippen LogP contribution in [0.15, 0.2) is 84.9 Å². The lowest BCUT2D eigenvalue weighted by molar-refractivity contribution is 0.0620. The lowest BCUT2D eigenvalue weighted by atomic mass is 9.70. The highest BCUT2D eigenvalue weighted by atomic mass is 35.5. The summed E-state index contributed by atoms with van der Waals surface area (Å²) < 4.78 is 6.05. The molecule has 2 nitrogen and oxygen atoms in total. The van der Waals surface area contributed by atoms with Crippen molar-refractivity contribution in [1.82, 2.24) is 5.32 Å². The Kier molecular flexibility index (Phi) is 6.68. The number of rotatable bonds is 6. The second-order valence-electron chi connectivity index (χ2n) is 7.01. The van der Waals surface area contributed by atoms with Crippen molar-refractivity contribution in [2.24, 2.45) is 0 Å². The lowest BCUT2D eigenvalue weighted by Gasteiger charge is -2.40. The normalized spacial score (nSPS) is 18.4. The summed E-state index contributed by atoms with van der Waals surface area (Å²) in [6.07, 6.45) is 1.01. The molecule has 1 aliphatic heterocycles. The zero-order valence-electron chi connectivity index (χ0n) is 15.4. The summed E-state index contributed by atoms with van der Waals surface area (Å²) in [6, 6.07) is 30.1. The van der Waals surface area contributed by atoms with Crippen LogP contribution < -0.4 is 5.32 Å². The molecule has 1 N–H and O–H groups in total. The molecule has 0 saturated carbocycles. The summed E-state index contributed by atoms with van der Waals surface area (Å²) in [7, 11) is 0. The number of nitrogens with one attached hydrogen (secondary N) is 1. The predicted molar refractivity (Wildman–Crippen MR) is 113 cm³/mol. The minimum absolute atomic E-state index is 0. The maximum absolute atomic E-state index is 6.05. The van der Waals surface area contributed by atoms with Crippen LogP contribution in [0, 0.1) is 0 Å². The van der Waals surface area contributed by atoms with E-state index in [2.05, 4.69) is 90.2 Å². The summed E-state index contributed by atoms with van der Waals surface area (Å²) in [5.41, 5.74) is 5.31. The molecule has 3 heteroatoms. The van der Waals surface area contributed by atoms with Crippen LogP contribution in [0.5, 0.6) is 0 Å². The van der Waals surface area contributed by atoms with E-state index in [1.807, 2.05) is 0 Å². The minimum Gasteiger partial charge on any atom is -0.375 e.